The van der Waals surface area contributed by atoms with Crippen molar-refractivity contribution in [1.82, 2.24) is 14.9 Å². The predicted molar refractivity (Wildman–Crippen MR) is 87.9 cm³/mol. The van der Waals surface area contributed by atoms with Gasteiger partial charge >= 0.3 is 0 Å². The Labute approximate surface area is 129 Å². The van der Waals surface area contributed by atoms with Crippen molar-refractivity contribution in [3.63, 3.8) is 0 Å². The number of pyridine rings is 1. The van der Waals surface area contributed by atoms with Crippen LogP contribution in [-0.4, -0.2) is 23.1 Å². The number of halogens is 1. The van der Waals surface area contributed by atoms with Crippen molar-refractivity contribution in [2.75, 3.05) is 13.6 Å². The van der Waals surface area contributed by atoms with Gasteiger partial charge in [0, 0.05) is 36.0 Å². The first kappa shape index (κ1) is 14.1. The van der Waals surface area contributed by atoms with Crippen molar-refractivity contribution in [3.05, 3.63) is 65.1 Å². The van der Waals surface area contributed by atoms with Crippen molar-refractivity contribution < 1.29 is 0 Å². The SMILES string of the molecule is CNCCc1cn(Cc2ccncc2Cl)c2ccccc12. The molecule has 21 heavy (non-hydrogen) atoms. The Balaban J connectivity index is 2.00. The Morgan fingerprint density at radius 2 is 2.05 bits per heavy atom. The molecule has 0 unspecified atom stereocenters. The van der Waals surface area contributed by atoms with Crippen molar-refractivity contribution in [1.29, 1.82) is 0 Å². The minimum absolute atomic E-state index is 0.715. The number of fused-ring (bicyclic) bond motifs is 1. The molecule has 0 radical (unpaired) electrons. The molecule has 3 rings (SSSR count). The molecule has 0 saturated heterocycles. The van der Waals surface area contributed by atoms with Crippen molar-refractivity contribution >= 4 is 22.5 Å². The Bertz CT molecular complexity index is 749. The molecule has 4 heteroatoms. The second-order valence-electron chi connectivity index (χ2n) is 5.12. The van der Waals surface area contributed by atoms with Gasteiger partial charge < -0.3 is 9.88 Å². The predicted octanol–water partition coefficient (Wildman–Crippen LogP) is 3.50. The third-order valence-corrected chi connectivity index (χ3v) is 4.05. The topological polar surface area (TPSA) is 29.9 Å². The number of benzene rings is 1. The highest BCUT2D eigenvalue weighted by Crippen LogP contribution is 2.24. The summed E-state index contributed by atoms with van der Waals surface area (Å²) in [7, 11) is 1.98. The maximum Gasteiger partial charge on any atom is 0.0639 e. The first-order valence-electron chi connectivity index (χ1n) is 7.09. The lowest BCUT2D eigenvalue weighted by molar-refractivity contribution is 0.782. The molecular formula is C17H18ClN3. The molecule has 2 aromatic heterocycles. The van der Waals surface area contributed by atoms with Crippen molar-refractivity contribution in [3.8, 4) is 0 Å². The maximum absolute atomic E-state index is 6.23. The van der Waals surface area contributed by atoms with E-state index >= 15 is 0 Å². The summed E-state index contributed by atoms with van der Waals surface area (Å²) in [6.45, 7) is 1.74. The number of likely N-dealkylation sites (N-methyl/N-ethyl adjacent to an activating group) is 1. The molecule has 0 fully saturated rings. The molecule has 0 spiro atoms. The number of hydrogen-bond donors (Lipinski definition) is 1. The lowest BCUT2D eigenvalue weighted by Crippen LogP contribution is -2.10. The summed E-state index contributed by atoms with van der Waals surface area (Å²) in [4.78, 5) is 4.05. The molecule has 0 bridgehead atoms. The highest BCUT2D eigenvalue weighted by molar-refractivity contribution is 6.31. The molecule has 0 aliphatic rings. The number of para-hydroxylation sites is 1. The molecule has 0 atom stereocenters. The van der Waals surface area contributed by atoms with Crippen LogP contribution < -0.4 is 5.32 Å². The summed E-state index contributed by atoms with van der Waals surface area (Å²) >= 11 is 6.23. The number of rotatable bonds is 5. The minimum Gasteiger partial charge on any atom is -0.343 e. The highest BCUT2D eigenvalue weighted by Gasteiger charge is 2.09. The van der Waals surface area contributed by atoms with Gasteiger partial charge in [-0.1, -0.05) is 29.8 Å². The fourth-order valence-corrected chi connectivity index (χ4v) is 2.81. The van der Waals surface area contributed by atoms with Crippen LogP contribution in [0.4, 0.5) is 0 Å². The lowest BCUT2D eigenvalue weighted by atomic mass is 10.1. The van der Waals surface area contributed by atoms with Gasteiger partial charge in [0.05, 0.1) is 5.02 Å². The van der Waals surface area contributed by atoms with Crippen LogP contribution in [0, 0.1) is 0 Å². The van der Waals surface area contributed by atoms with E-state index in [-0.39, 0.29) is 0 Å². The summed E-state index contributed by atoms with van der Waals surface area (Å²) in [5, 5.41) is 5.24. The molecule has 3 aromatic rings. The van der Waals surface area contributed by atoms with E-state index in [4.69, 9.17) is 11.6 Å². The van der Waals surface area contributed by atoms with Gasteiger partial charge in [0.15, 0.2) is 0 Å². The Kier molecular flexibility index (Phi) is 4.23. The molecule has 0 aliphatic carbocycles. The zero-order chi connectivity index (χ0) is 14.7. The first-order chi connectivity index (χ1) is 10.3. The second kappa shape index (κ2) is 6.29. The van der Waals surface area contributed by atoms with Gasteiger partial charge in [0.25, 0.3) is 0 Å². The minimum atomic E-state index is 0.715. The number of nitrogens with one attached hydrogen (secondary N) is 1. The van der Waals surface area contributed by atoms with E-state index < -0.39 is 0 Å². The second-order valence-corrected chi connectivity index (χ2v) is 5.53. The van der Waals surface area contributed by atoms with Gasteiger partial charge in [0.2, 0.25) is 0 Å². The summed E-state index contributed by atoms with van der Waals surface area (Å²) in [6, 6.07) is 10.5. The monoisotopic (exact) mass is 299 g/mol. The third-order valence-electron chi connectivity index (χ3n) is 3.71. The highest BCUT2D eigenvalue weighted by atomic mass is 35.5. The molecular weight excluding hydrogens is 282 g/mol. The average molecular weight is 300 g/mol. The quantitative estimate of drug-likeness (QED) is 0.781. The van der Waals surface area contributed by atoms with Crippen LogP contribution in [0.1, 0.15) is 11.1 Å². The number of hydrogen-bond acceptors (Lipinski definition) is 2. The van der Waals surface area contributed by atoms with Crippen LogP contribution >= 0.6 is 11.6 Å². The summed E-state index contributed by atoms with van der Waals surface area (Å²) in [5.74, 6) is 0. The number of aromatic nitrogens is 2. The van der Waals surface area contributed by atoms with Gasteiger partial charge in [-0.05, 0) is 43.3 Å². The van der Waals surface area contributed by atoms with Gasteiger partial charge in [-0.3, -0.25) is 4.98 Å². The normalized spacial score (nSPS) is 11.1. The van der Waals surface area contributed by atoms with Crippen LogP contribution in [0.15, 0.2) is 48.9 Å². The molecule has 2 heterocycles. The van der Waals surface area contributed by atoms with E-state index in [1.807, 2.05) is 13.1 Å². The summed E-state index contributed by atoms with van der Waals surface area (Å²) in [6.07, 6.45) is 6.74. The molecule has 1 N–H and O–H groups in total. The Morgan fingerprint density at radius 3 is 2.86 bits per heavy atom. The van der Waals surface area contributed by atoms with Crippen molar-refractivity contribution in [2.45, 2.75) is 13.0 Å². The van der Waals surface area contributed by atoms with E-state index in [0.717, 1.165) is 25.1 Å². The fourth-order valence-electron chi connectivity index (χ4n) is 2.63. The van der Waals surface area contributed by atoms with Gasteiger partial charge in [-0.25, -0.2) is 0 Å². The van der Waals surface area contributed by atoms with Gasteiger partial charge in [0.1, 0.15) is 0 Å². The number of nitrogens with zero attached hydrogens (tertiary/aromatic N) is 2. The van der Waals surface area contributed by atoms with E-state index in [9.17, 15) is 0 Å². The van der Waals surface area contributed by atoms with Crippen LogP contribution in [-0.2, 0) is 13.0 Å². The molecule has 3 nitrogen and oxygen atoms in total. The fraction of sp³-hybridized carbons (Fsp3) is 0.235. The van der Waals surface area contributed by atoms with Crippen LogP contribution in [0.3, 0.4) is 0 Å². The molecule has 0 amide bonds. The largest absolute Gasteiger partial charge is 0.343 e. The first-order valence-corrected chi connectivity index (χ1v) is 7.47. The third kappa shape index (κ3) is 2.94. The molecule has 0 saturated carbocycles. The van der Waals surface area contributed by atoms with E-state index in [2.05, 4.69) is 45.3 Å². The zero-order valence-corrected chi connectivity index (χ0v) is 12.8. The van der Waals surface area contributed by atoms with Crippen LogP contribution in [0.2, 0.25) is 5.02 Å². The van der Waals surface area contributed by atoms with Gasteiger partial charge in [-0.15, -0.1) is 0 Å². The smallest absolute Gasteiger partial charge is 0.0639 e. The average Bonchev–Trinajstić information content (AvgIpc) is 2.86. The summed E-state index contributed by atoms with van der Waals surface area (Å²) < 4.78 is 2.27. The standard InChI is InChI=1S/C17H18ClN3/c1-19-8-6-13-11-21(17-5-3-2-4-15(13)17)12-14-7-9-20-10-16(14)18/h2-5,7,9-11,19H,6,8,12H2,1H3. The molecule has 1 aromatic carbocycles. The maximum atomic E-state index is 6.23. The Morgan fingerprint density at radius 1 is 1.19 bits per heavy atom. The molecule has 0 aliphatic heterocycles. The van der Waals surface area contributed by atoms with Crippen molar-refractivity contribution in [2.24, 2.45) is 0 Å². The Hall–Kier alpha value is -1.84. The lowest BCUT2D eigenvalue weighted by Gasteiger charge is -2.06. The van der Waals surface area contributed by atoms with E-state index in [0.29, 0.717) is 5.02 Å². The zero-order valence-electron chi connectivity index (χ0n) is 12.0. The van der Waals surface area contributed by atoms with Gasteiger partial charge in [-0.2, -0.15) is 0 Å². The van der Waals surface area contributed by atoms with Crippen LogP contribution in [0.5, 0.6) is 0 Å². The summed E-state index contributed by atoms with van der Waals surface area (Å²) in [5.41, 5.74) is 3.70. The molecule has 108 valence electrons. The van der Waals surface area contributed by atoms with E-state index in [1.165, 1.54) is 16.5 Å². The van der Waals surface area contributed by atoms with E-state index in [1.54, 1.807) is 12.4 Å². The van der Waals surface area contributed by atoms with Crippen LogP contribution in [0.25, 0.3) is 10.9 Å².